The summed E-state index contributed by atoms with van der Waals surface area (Å²) >= 11 is 6.16. The lowest BCUT2D eigenvalue weighted by molar-refractivity contribution is 0.0600. The molecule has 2 aromatic carbocycles. The molecule has 1 aliphatic carbocycles. The van der Waals surface area contributed by atoms with Gasteiger partial charge in [0, 0.05) is 29.4 Å². The fourth-order valence-corrected chi connectivity index (χ4v) is 3.94. The van der Waals surface area contributed by atoms with Crippen molar-refractivity contribution in [2.45, 2.75) is 19.5 Å². The van der Waals surface area contributed by atoms with E-state index in [2.05, 4.69) is 4.57 Å². The van der Waals surface area contributed by atoms with Crippen LogP contribution in [0.1, 0.15) is 27.3 Å². The van der Waals surface area contributed by atoms with Crippen molar-refractivity contribution in [3.63, 3.8) is 0 Å². The number of benzene rings is 2. The molecule has 1 heterocycles. The molecule has 1 atom stereocenters. The van der Waals surface area contributed by atoms with Gasteiger partial charge in [-0.1, -0.05) is 66.3 Å². The van der Waals surface area contributed by atoms with Crippen molar-refractivity contribution in [2.75, 3.05) is 7.11 Å². The number of carbonyl (C=O) groups is 1. The quantitative estimate of drug-likeness (QED) is 0.465. The number of methoxy groups -OCH3 is 1. The standard InChI is InChI=1S/C28H26ClN3O2/c1-19-16-23(29)12-14-25(19)26-18-32(17-21-6-10-22(11-7-21)28(33)34-2)27(31-26)15-9-20-4-3-5-24(30)13-8-20/h3-16,18,24H,17,30H2,1-2H3/b15-9+. The molecule has 0 amide bonds. The molecule has 172 valence electrons. The number of allylic oxidation sites excluding steroid dienone is 5. The summed E-state index contributed by atoms with van der Waals surface area (Å²) in [6.45, 7) is 2.62. The zero-order chi connectivity index (χ0) is 24.1. The number of rotatable bonds is 6. The molecule has 34 heavy (non-hydrogen) atoms. The number of halogens is 1. The monoisotopic (exact) mass is 471 g/mol. The second kappa shape index (κ2) is 10.5. The average Bonchev–Trinajstić information content (AvgIpc) is 3.09. The lowest BCUT2D eigenvalue weighted by Crippen LogP contribution is -2.11. The van der Waals surface area contributed by atoms with Crippen molar-refractivity contribution in [3.05, 3.63) is 118 Å². The number of nitrogens with two attached hydrogens (primary N) is 1. The number of aromatic nitrogens is 2. The molecule has 1 unspecified atom stereocenters. The molecule has 1 aromatic heterocycles. The molecule has 0 saturated carbocycles. The van der Waals surface area contributed by atoms with E-state index in [0.29, 0.717) is 17.1 Å². The van der Waals surface area contributed by atoms with E-state index in [9.17, 15) is 4.79 Å². The summed E-state index contributed by atoms with van der Waals surface area (Å²) < 4.78 is 6.89. The fourth-order valence-electron chi connectivity index (χ4n) is 3.71. The van der Waals surface area contributed by atoms with Crippen LogP contribution in [0.5, 0.6) is 0 Å². The predicted octanol–water partition coefficient (Wildman–Crippen LogP) is 5.74. The Hall–Kier alpha value is -3.67. The van der Waals surface area contributed by atoms with Gasteiger partial charge in [-0.05, 0) is 54.0 Å². The normalized spacial score (nSPS) is 15.4. The van der Waals surface area contributed by atoms with E-state index < -0.39 is 0 Å². The Morgan fingerprint density at radius 1 is 1.18 bits per heavy atom. The summed E-state index contributed by atoms with van der Waals surface area (Å²) in [5, 5.41) is 0.699. The Kier molecular flexibility index (Phi) is 7.26. The van der Waals surface area contributed by atoms with Crippen LogP contribution in [0.25, 0.3) is 17.3 Å². The third-order valence-corrected chi connectivity index (χ3v) is 5.79. The number of carbonyl (C=O) groups excluding carboxylic acids is 1. The van der Waals surface area contributed by atoms with Gasteiger partial charge in [0.25, 0.3) is 0 Å². The lowest BCUT2D eigenvalue weighted by atomic mass is 10.1. The number of ether oxygens (including phenoxy) is 1. The van der Waals surface area contributed by atoms with Crippen molar-refractivity contribution in [1.82, 2.24) is 9.55 Å². The van der Waals surface area contributed by atoms with E-state index in [0.717, 1.165) is 33.8 Å². The van der Waals surface area contributed by atoms with Crippen LogP contribution in [0.15, 0.2) is 90.7 Å². The van der Waals surface area contributed by atoms with E-state index in [-0.39, 0.29) is 12.0 Å². The summed E-state index contributed by atoms with van der Waals surface area (Å²) in [5.74, 6) is 0.463. The highest BCUT2D eigenvalue weighted by atomic mass is 35.5. The number of esters is 1. The molecule has 0 bridgehead atoms. The maximum atomic E-state index is 11.8. The van der Waals surface area contributed by atoms with Crippen LogP contribution in [0.3, 0.4) is 0 Å². The number of imidazole rings is 1. The minimum Gasteiger partial charge on any atom is -0.465 e. The highest BCUT2D eigenvalue weighted by molar-refractivity contribution is 6.30. The molecule has 0 spiro atoms. The van der Waals surface area contributed by atoms with Crippen LogP contribution in [-0.2, 0) is 11.3 Å². The van der Waals surface area contributed by atoms with Gasteiger partial charge < -0.3 is 15.0 Å². The van der Waals surface area contributed by atoms with E-state index in [4.69, 9.17) is 27.1 Å². The summed E-state index contributed by atoms with van der Waals surface area (Å²) in [7, 11) is 1.38. The molecule has 0 radical (unpaired) electrons. The van der Waals surface area contributed by atoms with Crippen LogP contribution in [-0.4, -0.2) is 28.7 Å². The number of hydrogen-bond acceptors (Lipinski definition) is 4. The van der Waals surface area contributed by atoms with Gasteiger partial charge in [-0.2, -0.15) is 0 Å². The molecule has 0 saturated heterocycles. The summed E-state index contributed by atoms with van der Waals surface area (Å²) in [6.07, 6.45) is 15.9. The highest BCUT2D eigenvalue weighted by Gasteiger charge is 2.12. The van der Waals surface area contributed by atoms with Crippen LogP contribution >= 0.6 is 11.6 Å². The fraction of sp³-hybridized carbons (Fsp3) is 0.143. The van der Waals surface area contributed by atoms with Crippen LogP contribution in [0, 0.1) is 6.92 Å². The van der Waals surface area contributed by atoms with E-state index in [1.165, 1.54) is 7.11 Å². The maximum Gasteiger partial charge on any atom is 0.337 e. The third kappa shape index (κ3) is 5.63. The summed E-state index contributed by atoms with van der Waals surface area (Å²) in [6, 6.07) is 13.1. The molecule has 1 aliphatic rings. The van der Waals surface area contributed by atoms with Crippen molar-refractivity contribution in [2.24, 2.45) is 5.73 Å². The van der Waals surface area contributed by atoms with Crippen molar-refractivity contribution in [1.29, 1.82) is 0 Å². The van der Waals surface area contributed by atoms with Crippen molar-refractivity contribution >= 4 is 23.6 Å². The van der Waals surface area contributed by atoms with Gasteiger partial charge in [0.1, 0.15) is 5.82 Å². The van der Waals surface area contributed by atoms with Crippen LogP contribution < -0.4 is 5.73 Å². The first kappa shape index (κ1) is 23.5. The summed E-state index contributed by atoms with van der Waals surface area (Å²) in [4.78, 5) is 16.7. The first-order valence-corrected chi connectivity index (χ1v) is 11.3. The Bertz CT molecular complexity index is 1310. The number of nitrogens with zero attached hydrogens (tertiary/aromatic N) is 2. The molecule has 0 aliphatic heterocycles. The minimum absolute atomic E-state index is 0.0865. The topological polar surface area (TPSA) is 70.1 Å². The highest BCUT2D eigenvalue weighted by Crippen LogP contribution is 2.26. The SMILES string of the molecule is COC(=O)c1ccc(Cn2cc(-c3ccc(Cl)cc3C)nc2/C=C/C2=CC=CC(N)C=C2)cc1. The zero-order valence-electron chi connectivity index (χ0n) is 19.1. The van der Waals surface area contributed by atoms with Crippen LogP contribution in [0.2, 0.25) is 5.02 Å². The number of aryl methyl sites for hydroxylation is 1. The van der Waals surface area contributed by atoms with Gasteiger partial charge in [-0.25, -0.2) is 9.78 Å². The molecular weight excluding hydrogens is 446 g/mol. The molecule has 3 aromatic rings. The molecule has 5 nitrogen and oxygen atoms in total. The van der Waals surface area contributed by atoms with E-state index in [1.54, 1.807) is 12.1 Å². The van der Waals surface area contributed by atoms with Crippen molar-refractivity contribution in [3.8, 4) is 11.3 Å². The zero-order valence-corrected chi connectivity index (χ0v) is 19.9. The van der Waals surface area contributed by atoms with Gasteiger partial charge in [-0.15, -0.1) is 0 Å². The molecular formula is C28H26ClN3O2. The first-order chi connectivity index (χ1) is 16.4. The lowest BCUT2D eigenvalue weighted by Gasteiger charge is -2.07. The Balaban J connectivity index is 1.68. The molecule has 0 fully saturated rings. The summed E-state index contributed by atoms with van der Waals surface area (Å²) in [5.41, 5.74) is 11.5. The molecule has 6 heteroatoms. The van der Waals surface area contributed by atoms with E-state index >= 15 is 0 Å². The van der Waals surface area contributed by atoms with Crippen molar-refractivity contribution < 1.29 is 9.53 Å². The predicted molar refractivity (Wildman–Crippen MR) is 138 cm³/mol. The smallest absolute Gasteiger partial charge is 0.337 e. The van der Waals surface area contributed by atoms with Crippen LogP contribution in [0.4, 0.5) is 0 Å². The second-order valence-electron chi connectivity index (χ2n) is 8.08. The number of hydrogen-bond donors (Lipinski definition) is 1. The minimum atomic E-state index is -0.350. The van der Waals surface area contributed by atoms with Gasteiger partial charge in [0.05, 0.1) is 18.4 Å². The Morgan fingerprint density at radius 2 is 1.97 bits per heavy atom. The Labute approximate surface area is 204 Å². The van der Waals surface area contributed by atoms with E-state index in [1.807, 2.05) is 86.0 Å². The van der Waals surface area contributed by atoms with Gasteiger partial charge >= 0.3 is 5.97 Å². The maximum absolute atomic E-state index is 11.8. The largest absolute Gasteiger partial charge is 0.465 e. The van der Waals surface area contributed by atoms with Gasteiger partial charge in [0.2, 0.25) is 0 Å². The molecule has 4 rings (SSSR count). The Morgan fingerprint density at radius 3 is 2.71 bits per heavy atom. The third-order valence-electron chi connectivity index (χ3n) is 5.56. The second-order valence-corrected chi connectivity index (χ2v) is 8.52. The average molecular weight is 472 g/mol. The first-order valence-electron chi connectivity index (χ1n) is 10.9. The molecule has 2 N–H and O–H groups in total. The van der Waals surface area contributed by atoms with Gasteiger partial charge in [0.15, 0.2) is 0 Å². The van der Waals surface area contributed by atoms with Gasteiger partial charge in [-0.3, -0.25) is 0 Å².